The summed E-state index contributed by atoms with van der Waals surface area (Å²) in [7, 11) is 3.26. The van der Waals surface area contributed by atoms with Crippen molar-refractivity contribution in [2.45, 2.75) is 45.4 Å². The van der Waals surface area contributed by atoms with E-state index in [1.54, 1.807) is 14.2 Å². The molecule has 33 heavy (non-hydrogen) atoms. The van der Waals surface area contributed by atoms with Gasteiger partial charge < -0.3 is 14.8 Å². The lowest BCUT2D eigenvalue weighted by Crippen LogP contribution is -2.51. The molecule has 4 saturated carbocycles. The molecule has 1 aromatic carbocycles. The van der Waals surface area contributed by atoms with Crippen molar-refractivity contribution in [2.75, 3.05) is 19.5 Å². The van der Waals surface area contributed by atoms with Crippen LogP contribution < -0.4 is 14.8 Å². The van der Waals surface area contributed by atoms with E-state index in [1.807, 2.05) is 40.9 Å². The van der Waals surface area contributed by atoms with Gasteiger partial charge in [-0.1, -0.05) is 6.07 Å². The molecule has 4 aliphatic rings. The number of amides is 1. The highest BCUT2D eigenvalue weighted by atomic mass is 16.5. The van der Waals surface area contributed by atoms with Crippen molar-refractivity contribution in [3.05, 3.63) is 42.1 Å². The highest BCUT2D eigenvalue weighted by Crippen LogP contribution is 2.60. The summed E-state index contributed by atoms with van der Waals surface area (Å²) in [6.07, 6.45) is 9.10. The van der Waals surface area contributed by atoms with E-state index in [4.69, 9.17) is 14.5 Å². The number of pyridine rings is 1. The summed E-state index contributed by atoms with van der Waals surface area (Å²) in [5.74, 6) is 4.38. The maximum Gasteiger partial charge on any atom is 0.231 e. The molecule has 0 unspecified atom stereocenters. The fourth-order valence-corrected chi connectivity index (χ4v) is 7.08. The average molecular weight is 446 g/mol. The highest BCUT2D eigenvalue weighted by molar-refractivity contribution is 5.98. The number of carbonyl (C=O) groups is 1. The Balaban J connectivity index is 1.43. The van der Waals surface area contributed by atoms with E-state index in [9.17, 15) is 4.79 Å². The summed E-state index contributed by atoms with van der Waals surface area (Å²) in [5.41, 5.74) is 3.34. The lowest BCUT2D eigenvalue weighted by molar-refractivity contribution is -0.140. The molecule has 2 aromatic heterocycles. The molecular formula is C27H31N3O3. The van der Waals surface area contributed by atoms with Crippen LogP contribution in [0.2, 0.25) is 0 Å². The van der Waals surface area contributed by atoms with Crippen LogP contribution in [-0.2, 0) is 4.79 Å². The average Bonchev–Trinajstić information content (AvgIpc) is 3.15. The summed E-state index contributed by atoms with van der Waals surface area (Å²) >= 11 is 0. The first-order valence-corrected chi connectivity index (χ1v) is 12.0. The highest BCUT2D eigenvalue weighted by Gasteiger charge is 2.54. The van der Waals surface area contributed by atoms with Crippen molar-refractivity contribution >= 4 is 17.4 Å². The zero-order valence-electron chi connectivity index (χ0n) is 19.6. The first kappa shape index (κ1) is 20.6. The van der Waals surface area contributed by atoms with E-state index in [1.165, 1.54) is 19.3 Å². The van der Waals surface area contributed by atoms with Gasteiger partial charge in [-0.25, -0.2) is 4.98 Å². The summed E-state index contributed by atoms with van der Waals surface area (Å²) in [6, 6.07) is 9.82. The number of hydrogen-bond acceptors (Lipinski definition) is 4. The fraction of sp³-hybridized carbons (Fsp3) is 0.481. The number of ether oxygens (including phenoxy) is 2. The van der Waals surface area contributed by atoms with Crippen LogP contribution in [0.25, 0.3) is 16.9 Å². The minimum Gasteiger partial charge on any atom is -0.493 e. The lowest BCUT2D eigenvalue weighted by Gasteiger charge is -2.55. The molecule has 1 N–H and O–H groups in total. The zero-order valence-corrected chi connectivity index (χ0v) is 19.6. The third kappa shape index (κ3) is 3.30. The molecular weight excluding hydrogens is 414 g/mol. The summed E-state index contributed by atoms with van der Waals surface area (Å²) in [4.78, 5) is 18.8. The summed E-state index contributed by atoms with van der Waals surface area (Å²) in [6.45, 7) is 2.06. The SMILES string of the molecule is COc1ccc(-c2nc3ccc(C)cn3c2NC(=O)C23CC4CC(CC(C4)C2)C3)cc1OC. The minimum absolute atomic E-state index is 0.173. The molecule has 0 saturated heterocycles. The molecule has 172 valence electrons. The molecule has 3 aromatic rings. The molecule has 7 rings (SSSR count). The Hall–Kier alpha value is -3.02. The number of rotatable bonds is 5. The van der Waals surface area contributed by atoms with E-state index in [0.29, 0.717) is 11.5 Å². The molecule has 0 atom stereocenters. The van der Waals surface area contributed by atoms with Crippen LogP contribution in [0.15, 0.2) is 36.5 Å². The second kappa shape index (κ2) is 7.51. The van der Waals surface area contributed by atoms with Crippen LogP contribution in [0.1, 0.15) is 44.1 Å². The summed E-state index contributed by atoms with van der Waals surface area (Å²) in [5, 5.41) is 3.37. The Morgan fingerprint density at radius 3 is 2.30 bits per heavy atom. The molecule has 4 fully saturated rings. The number of fused-ring (bicyclic) bond motifs is 1. The Bertz CT molecular complexity index is 1210. The quantitative estimate of drug-likeness (QED) is 0.565. The largest absolute Gasteiger partial charge is 0.493 e. The second-order valence-electron chi connectivity index (χ2n) is 10.5. The number of nitrogens with zero attached hydrogens (tertiary/aromatic N) is 2. The van der Waals surface area contributed by atoms with E-state index in [2.05, 4.69) is 12.2 Å². The minimum atomic E-state index is -0.225. The molecule has 0 aliphatic heterocycles. The lowest BCUT2D eigenvalue weighted by atomic mass is 9.49. The van der Waals surface area contributed by atoms with Gasteiger partial charge in [-0.05, 0) is 93.0 Å². The van der Waals surface area contributed by atoms with Crippen molar-refractivity contribution in [2.24, 2.45) is 23.2 Å². The van der Waals surface area contributed by atoms with Gasteiger partial charge in [0.2, 0.25) is 5.91 Å². The van der Waals surface area contributed by atoms with Gasteiger partial charge in [-0.2, -0.15) is 0 Å². The number of aryl methyl sites for hydroxylation is 1. The Kier molecular flexibility index (Phi) is 4.68. The number of hydrogen-bond donors (Lipinski definition) is 1. The number of imidazole rings is 1. The van der Waals surface area contributed by atoms with Crippen molar-refractivity contribution in [3.63, 3.8) is 0 Å². The molecule has 6 nitrogen and oxygen atoms in total. The van der Waals surface area contributed by atoms with Crippen LogP contribution >= 0.6 is 0 Å². The predicted molar refractivity (Wildman–Crippen MR) is 128 cm³/mol. The standard InChI is InChI=1S/C27H31N3O3/c1-16-4-7-23-28-24(20-5-6-21(32-2)22(11-20)33-3)25(30(23)15-16)29-26(31)27-12-17-8-18(13-27)10-19(9-17)14-27/h4-7,11,15,17-19H,8-10,12-14H2,1-3H3,(H,29,31). The van der Waals surface area contributed by atoms with Gasteiger partial charge in [-0.15, -0.1) is 0 Å². The number of methoxy groups -OCH3 is 2. The van der Waals surface area contributed by atoms with Gasteiger partial charge in [0.15, 0.2) is 11.5 Å². The molecule has 2 heterocycles. The Labute approximate surface area is 194 Å². The number of anilines is 1. The molecule has 0 spiro atoms. The molecule has 6 heteroatoms. The van der Waals surface area contributed by atoms with E-state index in [0.717, 1.165) is 65.3 Å². The van der Waals surface area contributed by atoms with Crippen LogP contribution in [0.3, 0.4) is 0 Å². The number of aromatic nitrogens is 2. The van der Waals surface area contributed by atoms with Gasteiger partial charge in [0.05, 0.1) is 19.6 Å². The van der Waals surface area contributed by atoms with Crippen LogP contribution in [0.5, 0.6) is 11.5 Å². The topological polar surface area (TPSA) is 64.9 Å². The van der Waals surface area contributed by atoms with E-state index < -0.39 is 0 Å². The maximum atomic E-state index is 13.9. The number of nitrogens with one attached hydrogen (secondary N) is 1. The smallest absolute Gasteiger partial charge is 0.231 e. The molecule has 4 aliphatic carbocycles. The molecule has 1 amide bonds. The Morgan fingerprint density at radius 2 is 1.67 bits per heavy atom. The van der Waals surface area contributed by atoms with Gasteiger partial charge in [0, 0.05) is 11.8 Å². The van der Waals surface area contributed by atoms with Crippen molar-refractivity contribution in [1.29, 1.82) is 0 Å². The van der Waals surface area contributed by atoms with Crippen LogP contribution in [0.4, 0.5) is 5.82 Å². The first-order chi connectivity index (χ1) is 16.0. The normalized spacial score (nSPS) is 27.7. The van der Waals surface area contributed by atoms with E-state index >= 15 is 0 Å². The monoisotopic (exact) mass is 445 g/mol. The van der Waals surface area contributed by atoms with Gasteiger partial charge >= 0.3 is 0 Å². The van der Waals surface area contributed by atoms with Gasteiger partial charge in [0.25, 0.3) is 0 Å². The zero-order chi connectivity index (χ0) is 22.7. The molecule has 0 radical (unpaired) electrons. The van der Waals surface area contributed by atoms with Crippen LogP contribution in [-0.4, -0.2) is 29.5 Å². The predicted octanol–water partition coefficient (Wildman–Crippen LogP) is 5.48. The number of carbonyl (C=O) groups excluding carboxylic acids is 1. The van der Waals surface area contributed by atoms with Crippen molar-refractivity contribution in [3.8, 4) is 22.8 Å². The second-order valence-corrected chi connectivity index (χ2v) is 10.5. The van der Waals surface area contributed by atoms with Crippen LogP contribution in [0, 0.1) is 30.1 Å². The summed E-state index contributed by atoms with van der Waals surface area (Å²) < 4.78 is 13.0. The third-order valence-corrected chi connectivity index (χ3v) is 8.18. The Morgan fingerprint density at radius 1 is 1.00 bits per heavy atom. The van der Waals surface area contributed by atoms with Gasteiger partial charge in [-0.3, -0.25) is 9.20 Å². The number of benzene rings is 1. The fourth-order valence-electron chi connectivity index (χ4n) is 7.08. The first-order valence-electron chi connectivity index (χ1n) is 12.0. The van der Waals surface area contributed by atoms with Crippen molar-refractivity contribution < 1.29 is 14.3 Å². The van der Waals surface area contributed by atoms with Crippen molar-refractivity contribution in [1.82, 2.24) is 9.38 Å². The van der Waals surface area contributed by atoms with Gasteiger partial charge in [0.1, 0.15) is 17.2 Å². The molecule has 4 bridgehead atoms. The maximum absolute atomic E-state index is 13.9. The van der Waals surface area contributed by atoms with E-state index in [-0.39, 0.29) is 11.3 Å². The third-order valence-electron chi connectivity index (χ3n) is 8.18.